The van der Waals surface area contributed by atoms with Crippen LogP contribution in [0.15, 0.2) is 0 Å². The van der Waals surface area contributed by atoms with E-state index < -0.39 is 12.0 Å². The molecule has 0 saturated carbocycles. The average molecular weight is 148 g/mol. The van der Waals surface area contributed by atoms with Crippen molar-refractivity contribution in [2.24, 2.45) is 5.73 Å². The van der Waals surface area contributed by atoms with Crippen LogP contribution in [0, 0.1) is 0 Å². The number of carbonyl (C=O) groups is 1. The van der Waals surface area contributed by atoms with Crippen molar-refractivity contribution >= 4 is 5.97 Å². The van der Waals surface area contributed by atoms with Gasteiger partial charge in [-0.15, -0.1) is 0 Å². The summed E-state index contributed by atoms with van der Waals surface area (Å²) in [5, 5.41) is 19.2. The number of carboxylic acids is 1. The van der Waals surface area contributed by atoms with E-state index in [-0.39, 0.29) is 13.2 Å². The van der Waals surface area contributed by atoms with Gasteiger partial charge in [-0.2, -0.15) is 0 Å². The molecule has 0 aliphatic carbocycles. The molecule has 1 unspecified atom stereocenters. The molecule has 0 aromatic heterocycles. The number of aliphatic hydroxyl groups is 1. The first kappa shape index (κ1) is 9.35. The Hall–Kier alpha value is -0.650. The van der Waals surface area contributed by atoms with E-state index in [0.717, 1.165) is 0 Å². The maximum Gasteiger partial charge on any atom is 0.321 e. The van der Waals surface area contributed by atoms with Crippen LogP contribution in [-0.4, -0.2) is 41.9 Å². The molecule has 0 aromatic carbocycles. The van der Waals surface area contributed by atoms with Crippen molar-refractivity contribution < 1.29 is 15.0 Å². The Morgan fingerprint density at radius 1 is 1.70 bits per heavy atom. The predicted molar refractivity (Wildman–Crippen MR) is 35.6 cm³/mol. The molecule has 0 amide bonds. The highest BCUT2D eigenvalue weighted by atomic mass is 16.4. The highest BCUT2D eigenvalue weighted by Gasteiger charge is 2.08. The number of carboxylic acid groups (broad SMARTS) is 1. The van der Waals surface area contributed by atoms with Gasteiger partial charge in [0, 0.05) is 13.1 Å². The Morgan fingerprint density at radius 2 is 2.30 bits per heavy atom. The van der Waals surface area contributed by atoms with Gasteiger partial charge in [0.2, 0.25) is 0 Å². The Balaban J connectivity index is 3.21. The number of aliphatic carboxylic acids is 1. The Morgan fingerprint density at radius 3 is 2.70 bits per heavy atom. The molecule has 0 saturated heterocycles. The fourth-order valence-electron chi connectivity index (χ4n) is 0.424. The molecule has 0 radical (unpaired) electrons. The topological polar surface area (TPSA) is 95.6 Å². The molecule has 0 bridgehead atoms. The molecule has 60 valence electrons. The predicted octanol–water partition coefficient (Wildman–Crippen LogP) is -2.02. The van der Waals surface area contributed by atoms with Gasteiger partial charge in [0.25, 0.3) is 0 Å². The maximum atomic E-state index is 10.1. The van der Waals surface area contributed by atoms with Crippen LogP contribution >= 0.6 is 0 Å². The Labute approximate surface area is 58.8 Å². The summed E-state index contributed by atoms with van der Waals surface area (Å²) in [6.07, 6.45) is 0. The zero-order chi connectivity index (χ0) is 7.98. The molecule has 5 heteroatoms. The maximum absolute atomic E-state index is 10.1. The minimum atomic E-state index is -1.04. The number of aliphatic hydroxyl groups excluding tert-OH is 1. The molecule has 0 aliphatic rings. The lowest BCUT2D eigenvalue weighted by Gasteiger charge is -2.05. The monoisotopic (exact) mass is 148 g/mol. The largest absolute Gasteiger partial charge is 0.480 e. The molecule has 0 aromatic rings. The summed E-state index contributed by atoms with van der Waals surface area (Å²) >= 11 is 0. The molecule has 0 rings (SSSR count). The second-order valence-corrected chi connectivity index (χ2v) is 1.87. The molecule has 1 atom stereocenters. The van der Waals surface area contributed by atoms with Crippen LogP contribution in [0.5, 0.6) is 0 Å². The van der Waals surface area contributed by atoms with E-state index in [4.69, 9.17) is 15.9 Å². The summed E-state index contributed by atoms with van der Waals surface area (Å²) in [5.41, 5.74) is 5.11. The van der Waals surface area contributed by atoms with Gasteiger partial charge in [-0.25, -0.2) is 0 Å². The van der Waals surface area contributed by atoms with Crippen molar-refractivity contribution in [2.75, 3.05) is 19.7 Å². The smallest absolute Gasteiger partial charge is 0.321 e. The van der Waals surface area contributed by atoms with Crippen molar-refractivity contribution in [3.8, 4) is 0 Å². The number of rotatable bonds is 5. The van der Waals surface area contributed by atoms with Crippen molar-refractivity contribution in [1.29, 1.82) is 0 Å². The van der Waals surface area contributed by atoms with E-state index in [1.807, 2.05) is 0 Å². The zero-order valence-corrected chi connectivity index (χ0v) is 5.58. The third-order valence-electron chi connectivity index (χ3n) is 0.970. The van der Waals surface area contributed by atoms with Crippen molar-refractivity contribution in [3.05, 3.63) is 0 Å². The van der Waals surface area contributed by atoms with Crippen LogP contribution in [0.4, 0.5) is 0 Å². The third-order valence-corrected chi connectivity index (χ3v) is 0.970. The van der Waals surface area contributed by atoms with Gasteiger partial charge in [0.05, 0.1) is 6.61 Å². The fourth-order valence-corrected chi connectivity index (χ4v) is 0.424. The highest BCUT2D eigenvalue weighted by Crippen LogP contribution is 1.73. The molecule has 0 spiro atoms. The van der Waals surface area contributed by atoms with Crippen LogP contribution in [0.25, 0.3) is 0 Å². The van der Waals surface area contributed by atoms with Crippen LogP contribution in [-0.2, 0) is 4.79 Å². The van der Waals surface area contributed by atoms with Crippen LogP contribution in [0.3, 0.4) is 0 Å². The first-order valence-electron chi connectivity index (χ1n) is 2.98. The second-order valence-electron chi connectivity index (χ2n) is 1.87. The lowest BCUT2D eigenvalue weighted by molar-refractivity contribution is -0.138. The molecule has 0 heterocycles. The standard InChI is InChI=1S/C5H12N2O3/c6-4(5(9)10)3-7-1-2-8/h4,7-8H,1-3,6H2,(H,9,10). The normalized spacial score (nSPS) is 13.0. The van der Waals surface area contributed by atoms with E-state index in [9.17, 15) is 4.79 Å². The minimum Gasteiger partial charge on any atom is -0.480 e. The molecule has 0 fully saturated rings. The second kappa shape index (κ2) is 5.16. The van der Waals surface area contributed by atoms with Gasteiger partial charge in [-0.3, -0.25) is 4.79 Å². The fraction of sp³-hybridized carbons (Fsp3) is 0.800. The number of nitrogens with one attached hydrogen (secondary N) is 1. The van der Waals surface area contributed by atoms with Gasteiger partial charge in [0.15, 0.2) is 0 Å². The summed E-state index contributed by atoms with van der Waals surface area (Å²) in [4.78, 5) is 10.1. The quantitative estimate of drug-likeness (QED) is 0.337. The lowest BCUT2D eigenvalue weighted by atomic mass is 10.3. The van der Waals surface area contributed by atoms with Gasteiger partial charge in [-0.05, 0) is 0 Å². The summed E-state index contributed by atoms with van der Waals surface area (Å²) in [7, 11) is 0. The summed E-state index contributed by atoms with van der Waals surface area (Å²) in [6.45, 7) is 0.559. The van der Waals surface area contributed by atoms with E-state index in [1.54, 1.807) is 0 Å². The highest BCUT2D eigenvalue weighted by molar-refractivity contribution is 5.73. The molecular formula is C5H12N2O3. The van der Waals surface area contributed by atoms with Gasteiger partial charge < -0.3 is 21.3 Å². The summed E-state index contributed by atoms with van der Waals surface area (Å²) < 4.78 is 0. The molecule has 5 N–H and O–H groups in total. The van der Waals surface area contributed by atoms with E-state index in [1.165, 1.54) is 0 Å². The van der Waals surface area contributed by atoms with E-state index in [2.05, 4.69) is 5.32 Å². The third kappa shape index (κ3) is 4.25. The molecule has 10 heavy (non-hydrogen) atoms. The minimum absolute atomic E-state index is 0.00760. The van der Waals surface area contributed by atoms with Gasteiger partial charge >= 0.3 is 5.97 Å². The number of nitrogens with two attached hydrogens (primary N) is 1. The first-order chi connectivity index (χ1) is 4.68. The summed E-state index contributed by atoms with van der Waals surface area (Å²) in [5.74, 6) is -1.04. The van der Waals surface area contributed by atoms with Gasteiger partial charge in [0.1, 0.15) is 6.04 Å². The van der Waals surface area contributed by atoms with E-state index in [0.29, 0.717) is 6.54 Å². The van der Waals surface area contributed by atoms with Crippen LogP contribution < -0.4 is 11.1 Å². The molecular weight excluding hydrogens is 136 g/mol. The average Bonchev–Trinajstić information content (AvgIpc) is 1.88. The van der Waals surface area contributed by atoms with Crippen molar-refractivity contribution in [1.82, 2.24) is 5.32 Å². The lowest BCUT2D eigenvalue weighted by Crippen LogP contribution is -2.41. The van der Waals surface area contributed by atoms with Crippen molar-refractivity contribution in [2.45, 2.75) is 6.04 Å². The molecule has 5 nitrogen and oxygen atoms in total. The number of hydrogen-bond acceptors (Lipinski definition) is 4. The molecule has 0 aliphatic heterocycles. The Bertz CT molecular complexity index is 107. The zero-order valence-electron chi connectivity index (χ0n) is 5.58. The summed E-state index contributed by atoms with van der Waals surface area (Å²) in [6, 6.07) is -0.883. The number of hydrogen-bond donors (Lipinski definition) is 4. The van der Waals surface area contributed by atoms with Crippen molar-refractivity contribution in [3.63, 3.8) is 0 Å². The van der Waals surface area contributed by atoms with Crippen LogP contribution in [0.1, 0.15) is 0 Å². The first-order valence-corrected chi connectivity index (χ1v) is 2.98. The Kier molecular flexibility index (Phi) is 4.82. The van der Waals surface area contributed by atoms with Crippen LogP contribution in [0.2, 0.25) is 0 Å². The SMILES string of the molecule is NC(CNCCO)C(=O)O. The van der Waals surface area contributed by atoms with E-state index >= 15 is 0 Å². The van der Waals surface area contributed by atoms with Gasteiger partial charge in [-0.1, -0.05) is 0 Å².